The Kier molecular flexibility index (Phi) is 13.2. The lowest BCUT2D eigenvalue weighted by atomic mass is 9.79. The van der Waals surface area contributed by atoms with Crippen LogP contribution in [-0.4, -0.2) is 63.1 Å². The van der Waals surface area contributed by atoms with Crippen LogP contribution in [0.5, 0.6) is 23.0 Å². The van der Waals surface area contributed by atoms with Crippen LogP contribution >= 0.6 is 0 Å². The molecule has 4 aromatic carbocycles. The van der Waals surface area contributed by atoms with E-state index in [1.165, 1.54) is 11.1 Å². The molecule has 0 saturated carbocycles. The highest BCUT2D eigenvalue weighted by atomic mass is 16.6. The van der Waals surface area contributed by atoms with E-state index in [4.69, 9.17) is 23.7 Å². The van der Waals surface area contributed by atoms with Gasteiger partial charge in [0.05, 0.1) is 39.6 Å². The van der Waals surface area contributed by atoms with Crippen molar-refractivity contribution in [2.45, 2.75) is 130 Å². The second-order valence-electron chi connectivity index (χ2n) is 20.8. The number of phenolic OH excluding ortho intramolecular Hbond substituents is 2. The van der Waals surface area contributed by atoms with Gasteiger partial charge in [0, 0.05) is 25.7 Å². The Hall–Kier alpha value is -4.04. The van der Waals surface area contributed by atoms with E-state index in [2.05, 4.69) is 132 Å². The summed E-state index contributed by atoms with van der Waals surface area (Å²) in [7, 11) is 0. The highest BCUT2D eigenvalue weighted by molar-refractivity contribution is 5.59. The van der Waals surface area contributed by atoms with Gasteiger partial charge in [0.15, 0.2) is 0 Å². The van der Waals surface area contributed by atoms with Crippen molar-refractivity contribution in [3.05, 3.63) is 115 Å². The van der Waals surface area contributed by atoms with E-state index in [1.807, 2.05) is 0 Å². The monoisotopic (exact) mass is 807 g/mol. The molecule has 320 valence electrons. The average Bonchev–Trinajstić information content (AvgIpc) is 3.12. The normalized spacial score (nSPS) is 16.5. The summed E-state index contributed by atoms with van der Waals surface area (Å²) >= 11 is 0. The van der Waals surface area contributed by atoms with E-state index in [9.17, 15) is 10.2 Å². The second kappa shape index (κ2) is 17.5. The molecule has 0 atom stereocenters. The van der Waals surface area contributed by atoms with Gasteiger partial charge in [-0.3, -0.25) is 0 Å². The Morgan fingerprint density at radius 1 is 0.322 bits per heavy atom. The molecular weight excluding hydrogens is 737 g/mol. The van der Waals surface area contributed by atoms with Crippen molar-refractivity contribution in [2.75, 3.05) is 52.9 Å². The fourth-order valence-corrected chi connectivity index (χ4v) is 7.96. The summed E-state index contributed by atoms with van der Waals surface area (Å²) in [6.07, 6.45) is 1.83. The van der Waals surface area contributed by atoms with Gasteiger partial charge in [-0.25, -0.2) is 0 Å². The minimum atomic E-state index is -0.188. The van der Waals surface area contributed by atoms with Gasteiger partial charge in [0.2, 0.25) is 0 Å². The smallest absolute Gasteiger partial charge is 0.126 e. The molecule has 59 heavy (non-hydrogen) atoms. The van der Waals surface area contributed by atoms with Gasteiger partial charge in [-0.15, -0.1) is 0 Å². The number of fused-ring (bicyclic) bond motifs is 4. The summed E-state index contributed by atoms with van der Waals surface area (Å²) in [6, 6.07) is 17.7. The Bertz CT molecular complexity index is 1970. The first-order chi connectivity index (χ1) is 27.6. The Balaban J connectivity index is 1.71. The van der Waals surface area contributed by atoms with Crippen LogP contribution in [0.15, 0.2) is 48.5 Å². The minimum absolute atomic E-state index is 0.166. The van der Waals surface area contributed by atoms with Gasteiger partial charge >= 0.3 is 0 Å². The van der Waals surface area contributed by atoms with Crippen LogP contribution in [0, 0.1) is 0 Å². The van der Waals surface area contributed by atoms with Crippen LogP contribution in [-0.2, 0) is 61.6 Å². The van der Waals surface area contributed by atoms with Crippen molar-refractivity contribution in [2.24, 2.45) is 0 Å². The molecule has 10 bridgehead atoms. The summed E-state index contributed by atoms with van der Waals surface area (Å²) in [4.78, 5) is 0. The predicted octanol–water partition coefficient (Wildman–Crippen LogP) is 10.8. The first-order valence-electron chi connectivity index (χ1n) is 21.6. The zero-order valence-electron chi connectivity index (χ0n) is 38.0. The lowest BCUT2D eigenvalue weighted by Gasteiger charge is -2.28. The number of aromatic hydroxyl groups is 2. The summed E-state index contributed by atoms with van der Waals surface area (Å²) < 4.78 is 31.4. The van der Waals surface area contributed by atoms with Gasteiger partial charge in [-0.2, -0.15) is 0 Å². The van der Waals surface area contributed by atoms with Crippen molar-refractivity contribution in [3.8, 4) is 23.0 Å². The highest BCUT2D eigenvalue weighted by Crippen LogP contribution is 2.43. The van der Waals surface area contributed by atoms with Crippen LogP contribution in [0.1, 0.15) is 150 Å². The number of benzene rings is 4. The van der Waals surface area contributed by atoms with Crippen molar-refractivity contribution in [3.63, 3.8) is 0 Å². The third-order valence-corrected chi connectivity index (χ3v) is 11.7. The Morgan fingerprint density at radius 2 is 0.525 bits per heavy atom. The van der Waals surface area contributed by atoms with Crippen LogP contribution in [0.2, 0.25) is 0 Å². The second-order valence-corrected chi connectivity index (χ2v) is 20.8. The molecule has 1 aliphatic carbocycles. The number of phenols is 2. The molecule has 0 unspecified atom stereocenters. The molecule has 0 aromatic heterocycles. The molecule has 2 aliphatic rings. The third-order valence-electron chi connectivity index (χ3n) is 11.7. The van der Waals surface area contributed by atoms with E-state index in [1.54, 1.807) is 0 Å². The molecule has 0 spiro atoms. The summed E-state index contributed by atoms with van der Waals surface area (Å²) in [5, 5.41) is 24.6. The van der Waals surface area contributed by atoms with Gasteiger partial charge < -0.3 is 33.9 Å². The number of hydrogen-bond acceptors (Lipinski definition) is 7. The van der Waals surface area contributed by atoms with Crippen LogP contribution in [0.3, 0.4) is 0 Å². The average molecular weight is 807 g/mol. The lowest BCUT2D eigenvalue weighted by Crippen LogP contribution is -2.18. The zero-order valence-corrected chi connectivity index (χ0v) is 38.0. The summed E-state index contributed by atoms with van der Waals surface area (Å²) in [5.41, 5.74) is 11.3. The first kappa shape index (κ1) is 44.5. The quantitative estimate of drug-likeness (QED) is 0.161. The van der Waals surface area contributed by atoms with Crippen molar-refractivity contribution < 1.29 is 33.9 Å². The SMILES string of the molecule is CC(C)(C)c1cc2c(O)c(c1)Cc1cc(C(C)(C)C)cc3c1OCCOCCOCCOCCOc1c(cc(C(C)(C)C)cc1C3)Cc1cc(C(C)(C)C)cc(c1O)C2. The standard InChI is InChI=1S/C52H70O7/c1-49(2,3)41-25-33-21-34-26-42(50(4,5)6)28-36(46(34)54)23-38-30-44(52(10,11)12)32-40-24-39-31-43(51(7,8)9)29-37(22-35(27-41)45(33)53)47(39)58-19-17-56-15-13-55-14-16-57-18-20-59-48(38)40/h25-32,53-54H,13-24H2,1-12H3. The van der Waals surface area contributed by atoms with Crippen molar-refractivity contribution in [1.82, 2.24) is 0 Å². The summed E-state index contributed by atoms with van der Waals surface area (Å²) in [6.45, 7) is 30.1. The summed E-state index contributed by atoms with van der Waals surface area (Å²) in [5.74, 6) is 2.12. The van der Waals surface area contributed by atoms with E-state index < -0.39 is 0 Å². The maximum absolute atomic E-state index is 12.3. The van der Waals surface area contributed by atoms with Crippen LogP contribution < -0.4 is 9.47 Å². The Morgan fingerprint density at radius 3 is 0.780 bits per heavy atom. The van der Waals surface area contributed by atoms with Crippen LogP contribution in [0.25, 0.3) is 0 Å². The lowest BCUT2D eigenvalue weighted by molar-refractivity contribution is 0.00474. The molecule has 6 rings (SSSR count). The zero-order chi connectivity index (χ0) is 42.9. The van der Waals surface area contributed by atoms with Gasteiger partial charge in [-0.1, -0.05) is 132 Å². The van der Waals surface area contributed by atoms with E-state index in [-0.39, 0.29) is 33.2 Å². The number of hydrogen-bond donors (Lipinski definition) is 2. The maximum Gasteiger partial charge on any atom is 0.126 e. The number of ether oxygens (including phenoxy) is 5. The topological polar surface area (TPSA) is 86.6 Å². The van der Waals surface area contributed by atoms with Gasteiger partial charge in [-0.05, 0) is 88.4 Å². The molecule has 1 heterocycles. The molecule has 7 heteroatoms. The molecular formula is C52H70O7. The maximum atomic E-state index is 12.3. The van der Waals surface area contributed by atoms with E-state index in [0.29, 0.717) is 78.5 Å². The fraction of sp³-hybridized carbons (Fsp3) is 0.538. The minimum Gasteiger partial charge on any atom is -0.507 e. The highest BCUT2D eigenvalue weighted by Gasteiger charge is 2.28. The van der Waals surface area contributed by atoms with Gasteiger partial charge in [0.1, 0.15) is 36.2 Å². The number of rotatable bonds is 0. The van der Waals surface area contributed by atoms with Crippen LogP contribution in [0.4, 0.5) is 0 Å². The predicted molar refractivity (Wildman–Crippen MR) is 239 cm³/mol. The Labute approximate surface area is 354 Å². The van der Waals surface area contributed by atoms with E-state index in [0.717, 1.165) is 67.1 Å². The third kappa shape index (κ3) is 10.8. The largest absolute Gasteiger partial charge is 0.507 e. The van der Waals surface area contributed by atoms with Crippen molar-refractivity contribution in [1.29, 1.82) is 0 Å². The van der Waals surface area contributed by atoms with Crippen molar-refractivity contribution >= 4 is 0 Å². The molecule has 0 amide bonds. The molecule has 0 saturated heterocycles. The van der Waals surface area contributed by atoms with E-state index >= 15 is 0 Å². The molecule has 4 aromatic rings. The van der Waals surface area contributed by atoms with Gasteiger partial charge in [0.25, 0.3) is 0 Å². The molecule has 0 fully saturated rings. The molecule has 0 radical (unpaired) electrons. The first-order valence-corrected chi connectivity index (χ1v) is 21.6. The molecule has 1 aliphatic heterocycles. The molecule has 2 N–H and O–H groups in total. The fourth-order valence-electron chi connectivity index (χ4n) is 7.96. The molecule has 7 nitrogen and oxygen atoms in total.